The monoisotopic (exact) mass is 228 g/mol. The molecule has 3 unspecified atom stereocenters. The van der Waals surface area contributed by atoms with Gasteiger partial charge in [-0.2, -0.15) is 11.8 Å². The molecule has 88 valence electrons. The first-order chi connectivity index (χ1) is 7.12. The predicted molar refractivity (Wildman–Crippen MR) is 68.3 cm³/mol. The van der Waals surface area contributed by atoms with Crippen molar-refractivity contribution >= 4 is 11.8 Å². The van der Waals surface area contributed by atoms with Crippen LogP contribution in [0, 0.1) is 5.41 Å². The lowest BCUT2D eigenvalue weighted by atomic mass is 9.84. The molecule has 1 aliphatic carbocycles. The number of hydrogen-bond donors (Lipinski definition) is 1. The molecule has 3 heteroatoms. The molecule has 2 nitrogen and oxygen atoms in total. The predicted octanol–water partition coefficient (Wildman–Crippen LogP) is 1.94. The quantitative estimate of drug-likeness (QED) is 0.800. The lowest BCUT2D eigenvalue weighted by Crippen LogP contribution is -2.46. The fourth-order valence-electron chi connectivity index (χ4n) is 3.02. The first kappa shape index (κ1) is 11.7. The number of hydrogen-bond acceptors (Lipinski definition) is 3. The van der Waals surface area contributed by atoms with Gasteiger partial charge in [-0.05, 0) is 37.5 Å². The average molecular weight is 228 g/mol. The van der Waals surface area contributed by atoms with E-state index in [-0.39, 0.29) is 0 Å². The van der Waals surface area contributed by atoms with Crippen LogP contribution in [0.4, 0.5) is 0 Å². The van der Waals surface area contributed by atoms with Crippen molar-refractivity contribution in [1.82, 2.24) is 4.90 Å². The number of nitrogens with zero attached hydrogens (tertiary/aromatic N) is 1. The Morgan fingerprint density at radius 3 is 2.80 bits per heavy atom. The van der Waals surface area contributed by atoms with E-state index in [2.05, 4.69) is 30.6 Å². The Bertz CT molecular complexity index is 216. The third-order valence-electron chi connectivity index (χ3n) is 4.30. The van der Waals surface area contributed by atoms with Gasteiger partial charge in [0.2, 0.25) is 0 Å². The van der Waals surface area contributed by atoms with Crippen molar-refractivity contribution in [2.75, 3.05) is 25.1 Å². The Morgan fingerprint density at radius 2 is 2.27 bits per heavy atom. The standard InChI is InChI=1S/C12H24N2S/c1-12(6-3-4-11(12)13)9-14(2)10-5-7-15-8-10/h10-11H,3-9,13H2,1-2H3. The van der Waals surface area contributed by atoms with Gasteiger partial charge in [0.1, 0.15) is 0 Å². The van der Waals surface area contributed by atoms with Crippen molar-refractivity contribution in [1.29, 1.82) is 0 Å². The SMILES string of the molecule is CN(CC1(C)CCCC1N)C1CCSC1. The molecule has 1 saturated carbocycles. The average Bonchev–Trinajstić information content (AvgIpc) is 2.78. The van der Waals surface area contributed by atoms with Gasteiger partial charge in [-0.1, -0.05) is 13.3 Å². The van der Waals surface area contributed by atoms with Crippen LogP contribution in [0.25, 0.3) is 0 Å². The molecule has 0 amide bonds. The summed E-state index contributed by atoms with van der Waals surface area (Å²) in [5.41, 5.74) is 6.61. The summed E-state index contributed by atoms with van der Waals surface area (Å²) in [6, 6.07) is 1.23. The third kappa shape index (κ3) is 2.51. The molecule has 1 aliphatic heterocycles. The minimum Gasteiger partial charge on any atom is -0.327 e. The first-order valence-corrected chi connectivity index (χ1v) is 7.31. The second-order valence-electron chi connectivity index (χ2n) is 5.59. The number of nitrogens with two attached hydrogens (primary N) is 1. The van der Waals surface area contributed by atoms with Gasteiger partial charge < -0.3 is 10.6 Å². The summed E-state index contributed by atoms with van der Waals surface area (Å²) in [5, 5.41) is 0. The second-order valence-corrected chi connectivity index (χ2v) is 6.74. The molecule has 0 aromatic heterocycles. The zero-order chi connectivity index (χ0) is 10.9. The van der Waals surface area contributed by atoms with Gasteiger partial charge in [0.05, 0.1) is 0 Å². The molecule has 2 rings (SSSR count). The van der Waals surface area contributed by atoms with Crippen molar-refractivity contribution in [3.05, 3.63) is 0 Å². The Hall–Kier alpha value is 0.270. The van der Waals surface area contributed by atoms with E-state index in [9.17, 15) is 0 Å². The minimum absolute atomic E-state index is 0.377. The van der Waals surface area contributed by atoms with Crippen molar-refractivity contribution in [2.45, 2.75) is 44.7 Å². The van der Waals surface area contributed by atoms with Gasteiger partial charge in [-0.3, -0.25) is 0 Å². The summed E-state index contributed by atoms with van der Waals surface area (Å²) in [6.45, 7) is 3.57. The number of thioether (sulfide) groups is 1. The molecule has 15 heavy (non-hydrogen) atoms. The summed E-state index contributed by atoms with van der Waals surface area (Å²) in [6.07, 6.45) is 5.24. The summed E-state index contributed by atoms with van der Waals surface area (Å²) < 4.78 is 0. The fourth-order valence-corrected chi connectivity index (χ4v) is 4.32. The van der Waals surface area contributed by atoms with E-state index in [1.165, 1.54) is 43.7 Å². The van der Waals surface area contributed by atoms with Crippen LogP contribution < -0.4 is 5.73 Å². The smallest absolute Gasteiger partial charge is 0.0191 e. The molecule has 2 aliphatic rings. The van der Waals surface area contributed by atoms with Gasteiger partial charge in [0.25, 0.3) is 0 Å². The summed E-state index contributed by atoms with van der Waals surface area (Å²) in [4.78, 5) is 2.56. The normalized spacial score (nSPS) is 41.6. The van der Waals surface area contributed by atoms with E-state index >= 15 is 0 Å². The summed E-state index contributed by atoms with van der Waals surface area (Å²) >= 11 is 2.10. The molecule has 0 bridgehead atoms. The Balaban J connectivity index is 1.89. The van der Waals surface area contributed by atoms with Crippen LogP contribution in [0.3, 0.4) is 0 Å². The van der Waals surface area contributed by atoms with Crippen LogP contribution in [0.5, 0.6) is 0 Å². The molecule has 3 atom stereocenters. The molecule has 0 spiro atoms. The molecule has 1 heterocycles. The lowest BCUT2D eigenvalue weighted by molar-refractivity contribution is 0.147. The zero-order valence-electron chi connectivity index (χ0n) is 10.0. The zero-order valence-corrected chi connectivity index (χ0v) is 10.9. The lowest BCUT2D eigenvalue weighted by Gasteiger charge is -2.36. The maximum Gasteiger partial charge on any atom is 0.0191 e. The highest BCUT2D eigenvalue weighted by molar-refractivity contribution is 7.99. The largest absolute Gasteiger partial charge is 0.327 e. The molecule has 0 radical (unpaired) electrons. The maximum atomic E-state index is 6.23. The van der Waals surface area contributed by atoms with Crippen molar-refractivity contribution in [2.24, 2.45) is 11.1 Å². The van der Waals surface area contributed by atoms with E-state index in [0.29, 0.717) is 11.5 Å². The summed E-state index contributed by atoms with van der Waals surface area (Å²) in [5.74, 6) is 2.67. The highest BCUT2D eigenvalue weighted by Gasteiger charge is 2.38. The molecule has 0 aromatic rings. The second kappa shape index (κ2) is 4.64. The highest BCUT2D eigenvalue weighted by Crippen LogP contribution is 2.38. The van der Waals surface area contributed by atoms with Gasteiger partial charge >= 0.3 is 0 Å². The van der Waals surface area contributed by atoms with Crippen LogP contribution in [-0.2, 0) is 0 Å². The van der Waals surface area contributed by atoms with E-state index in [0.717, 1.165) is 6.04 Å². The van der Waals surface area contributed by atoms with E-state index in [4.69, 9.17) is 5.73 Å². The third-order valence-corrected chi connectivity index (χ3v) is 5.44. The first-order valence-electron chi connectivity index (χ1n) is 6.15. The molecular weight excluding hydrogens is 204 g/mol. The Kier molecular flexibility index (Phi) is 3.63. The van der Waals surface area contributed by atoms with Crippen LogP contribution in [0.2, 0.25) is 0 Å². The Morgan fingerprint density at radius 1 is 1.47 bits per heavy atom. The van der Waals surface area contributed by atoms with Crippen molar-refractivity contribution < 1.29 is 0 Å². The highest BCUT2D eigenvalue weighted by atomic mass is 32.2. The molecule has 0 aromatic carbocycles. The van der Waals surface area contributed by atoms with Gasteiger partial charge in [-0.15, -0.1) is 0 Å². The molecule has 2 fully saturated rings. The summed E-state index contributed by atoms with van der Waals surface area (Å²) in [7, 11) is 2.28. The number of rotatable bonds is 3. The fraction of sp³-hybridized carbons (Fsp3) is 1.00. The van der Waals surface area contributed by atoms with E-state index in [1.54, 1.807) is 0 Å². The maximum absolute atomic E-state index is 6.23. The van der Waals surface area contributed by atoms with Crippen LogP contribution in [0.15, 0.2) is 0 Å². The topological polar surface area (TPSA) is 29.3 Å². The minimum atomic E-state index is 0.377. The van der Waals surface area contributed by atoms with Crippen molar-refractivity contribution in [3.63, 3.8) is 0 Å². The van der Waals surface area contributed by atoms with Gasteiger partial charge in [0, 0.05) is 24.4 Å². The van der Waals surface area contributed by atoms with Crippen LogP contribution in [-0.4, -0.2) is 42.1 Å². The van der Waals surface area contributed by atoms with Crippen molar-refractivity contribution in [3.8, 4) is 0 Å². The molecule has 2 N–H and O–H groups in total. The van der Waals surface area contributed by atoms with Crippen LogP contribution in [0.1, 0.15) is 32.6 Å². The Labute approximate surface area is 98.0 Å². The van der Waals surface area contributed by atoms with Crippen LogP contribution >= 0.6 is 11.8 Å². The molecular formula is C12H24N2S. The van der Waals surface area contributed by atoms with E-state index < -0.39 is 0 Å². The van der Waals surface area contributed by atoms with Gasteiger partial charge in [0.15, 0.2) is 0 Å². The van der Waals surface area contributed by atoms with E-state index in [1.807, 2.05) is 0 Å². The molecule has 1 saturated heterocycles. The van der Waals surface area contributed by atoms with Gasteiger partial charge in [-0.25, -0.2) is 0 Å².